The molecule has 7 heteroatoms. The highest BCUT2D eigenvalue weighted by Gasteiger charge is 2.36. The number of anilines is 1. The molecule has 3 heterocycles. The summed E-state index contributed by atoms with van der Waals surface area (Å²) in [7, 11) is 0. The minimum Gasteiger partial charge on any atom is -0.389 e. The van der Waals surface area contributed by atoms with Crippen molar-refractivity contribution in [3.05, 3.63) is 18.3 Å². The number of piperidine rings is 1. The van der Waals surface area contributed by atoms with Gasteiger partial charge in [0.1, 0.15) is 0 Å². The zero-order valence-corrected chi connectivity index (χ0v) is 13.5. The second kappa shape index (κ2) is 7.23. The zero-order valence-electron chi connectivity index (χ0n) is 13.5. The van der Waals surface area contributed by atoms with E-state index in [1.54, 1.807) is 11.1 Å². The molecule has 7 nitrogen and oxygen atoms in total. The highest BCUT2D eigenvalue weighted by atomic mass is 16.5. The average molecular weight is 320 g/mol. The van der Waals surface area contributed by atoms with Gasteiger partial charge in [-0.05, 0) is 31.9 Å². The number of likely N-dealkylation sites (tertiary alicyclic amines) is 1. The van der Waals surface area contributed by atoms with Gasteiger partial charge in [0.2, 0.25) is 5.91 Å². The normalized spacial score (nSPS) is 28.2. The summed E-state index contributed by atoms with van der Waals surface area (Å²) in [5.41, 5.74) is 0. The predicted molar refractivity (Wildman–Crippen MR) is 85.0 cm³/mol. The second-order valence-corrected chi connectivity index (χ2v) is 6.15. The van der Waals surface area contributed by atoms with Crippen LogP contribution in [0.2, 0.25) is 0 Å². The number of nitrogens with zero attached hydrogens (tertiary/aromatic N) is 4. The van der Waals surface area contributed by atoms with Crippen LogP contribution in [0.1, 0.15) is 19.8 Å². The highest BCUT2D eigenvalue weighted by Crippen LogP contribution is 2.25. The number of aliphatic hydroxyl groups excluding tert-OH is 1. The number of β-amino-alcohol motifs (C(OH)–C–C–N with tert-alkyl or cyclic N) is 1. The molecule has 0 aliphatic carbocycles. The molecule has 126 valence electrons. The minimum atomic E-state index is -0.592. The van der Waals surface area contributed by atoms with Crippen LogP contribution in [0.3, 0.4) is 0 Å². The number of carbonyl (C=O) groups excluding carboxylic acids is 1. The van der Waals surface area contributed by atoms with Crippen molar-refractivity contribution in [2.24, 2.45) is 5.92 Å². The number of aromatic nitrogens is 2. The van der Waals surface area contributed by atoms with Crippen molar-refractivity contribution in [3.63, 3.8) is 0 Å². The molecule has 0 saturated carbocycles. The Labute approximate surface area is 136 Å². The lowest BCUT2D eigenvalue weighted by Gasteiger charge is -2.36. The number of hydrogen-bond donors (Lipinski definition) is 1. The molecule has 0 aromatic carbocycles. The van der Waals surface area contributed by atoms with Crippen LogP contribution in [0.5, 0.6) is 0 Å². The molecule has 3 atom stereocenters. The molecule has 23 heavy (non-hydrogen) atoms. The van der Waals surface area contributed by atoms with E-state index in [2.05, 4.69) is 15.1 Å². The molecule has 2 aliphatic heterocycles. The topological polar surface area (TPSA) is 78.8 Å². The van der Waals surface area contributed by atoms with Crippen molar-refractivity contribution in [1.82, 2.24) is 15.1 Å². The van der Waals surface area contributed by atoms with Crippen LogP contribution >= 0.6 is 0 Å². The van der Waals surface area contributed by atoms with Gasteiger partial charge in [-0.15, -0.1) is 5.10 Å². The molecule has 0 radical (unpaired) electrons. The van der Waals surface area contributed by atoms with Gasteiger partial charge in [0.05, 0.1) is 18.1 Å². The van der Waals surface area contributed by atoms with Crippen molar-refractivity contribution in [3.8, 4) is 0 Å². The van der Waals surface area contributed by atoms with Gasteiger partial charge in [-0.1, -0.05) is 0 Å². The Morgan fingerprint density at radius 3 is 2.96 bits per heavy atom. The second-order valence-electron chi connectivity index (χ2n) is 6.15. The summed E-state index contributed by atoms with van der Waals surface area (Å²) in [5, 5.41) is 18.1. The van der Waals surface area contributed by atoms with Gasteiger partial charge < -0.3 is 19.6 Å². The molecule has 1 aromatic heterocycles. The first kappa shape index (κ1) is 16.1. The lowest BCUT2D eigenvalue weighted by molar-refractivity contribution is -0.143. The Morgan fingerprint density at radius 1 is 1.39 bits per heavy atom. The third-order valence-electron chi connectivity index (χ3n) is 4.63. The molecule has 1 amide bonds. The number of rotatable bonds is 4. The van der Waals surface area contributed by atoms with Gasteiger partial charge in [-0.25, -0.2) is 0 Å². The van der Waals surface area contributed by atoms with Crippen molar-refractivity contribution < 1.29 is 14.6 Å². The van der Waals surface area contributed by atoms with E-state index in [4.69, 9.17) is 4.74 Å². The van der Waals surface area contributed by atoms with E-state index in [0.717, 1.165) is 18.8 Å². The third kappa shape index (κ3) is 3.61. The van der Waals surface area contributed by atoms with E-state index < -0.39 is 6.10 Å². The maximum atomic E-state index is 12.7. The third-order valence-corrected chi connectivity index (χ3v) is 4.63. The van der Waals surface area contributed by atoms with Gasteiger partial charge in [-0.3, -0.25) is 4.79 Å². The number of carbonyl (C=O) groups is 1. The predicted octanol–water partition coefficient (Wildman–Crippen LogP) is 0.301. The Kier molecular flexibility index (Phi) is 5.07. The number of hydrogen-bond acceptors (Lipinski definition) is 6. The molecule has 0 spiro atoms. The van der Waals surface area contributed by atoms with E-state index in [0.29, 0.717) is 32.7 Å². The Balaban J connectivity index is 1.55. The number of ether oxygens (including phenoxy) is 1. The van der Waals surface area contributed by atoms with Crippen molar-refractivity contribution >= 4 is 11.7 Å². The first-order valence-electron chi connectivity index (χ1n) is 8.30. The SMILES string of the molecule is CCOC1CCN(C(=O)C2CCN(c3cccnn3)C2)CC1O. The quantitative estimate of drug-likeness (QED) is 0.860. The number of amides is 1. The maximum absolute atomic E-state index is 12.7. The first-order valence-corrected chi connectivity index (χ1v) is 8.30. The van der Waals surface area contributed by atoms with Gasteiger partial charge in [0.25, 0.3) is 0 Å². The van der Waals surface area contributed by atoms with E-state index in [1.807, 2.05) is 19.1 Å². The zero-order chi connectivity index (χ0) is 16.2. The van der Waals surface area contributed by atoms with Crippen molar-refractivity contribution in [2.75, 3.05) is 37.7 Å². The van der Waals surface area contributed by atoms with E-state index in [9.17, 15) is 9.90 Å². The lowest BCUT2D eigenvalue weighted by atomic mass is 10.0. The minimum absolute atomic E-state index is 0.0344. The molecule has 1 aromatic rings. The van der Waals surface area contributed by atoms with Gasteiger partial charge in [-0.2, -0.15) is 5.10 Å². The Bertz CT molecular complexity index is 527. The molecule has 3 rings (SSSR count). The molecule has 3 unspecified atom stereocenters. The smallest absolute Gasteiger partial charge is 0.227 e. The summed E-state index contributed by atoms with van der Waals surface area (Å²) in [6.07, 6.45) is 2.42. The van der Waals surface area contributed by atoms with Crippen LogP contribution in [0, 0.1) is 5.92 Å². The van der Waals surface area contributed by atoms with Crippen LogP contribution in [-0.4, -0.2) is 71.1 Å². The van der Waals surface area contributed by atoms with Crippen LogP contribution in [0.4, 0.5) is 5.82 Å². The average Bonchev–Trinajstić information content (AvgIpc) is 3.07. The maximum Gasteiger partial charge on any atom is 0.227 e. The van der Waals surface area contributed by atoms with Crippen molar-refractivity contribution in [2.45, 2.75) is 32.0 Å². The van der Waals surface area contributed by atoms with Gasteiger partial charge in [0, 0.05) is 39.0 Å². The Morgan fingerprint density at radius 2 is 2.26 bits per heavy atom. The van der Waals surface area contributed by atoms with Gasteiger partial charge >= 0.3 is 0 Å². The van der Waals surface area contributed by atoms with Crippen LogP contribution in [-0.2, 0) is 9.53 Å². The molecular weight excluding hydrogens is 296 g/mol. The monoisotopic (exact) mass is 320 g/mol. The van der Waals surface area contributed by atoms with Gasteiger partial charge in [0.15, 0.2) is 5.82 Å². The fourth-order valence-electron chi connectivity index (χ4n) is 3.41. The molecule has 2 fully saturated rings. The Hall–Kier alpha value is -1.73. The highest BCUT2D eigenvalue weighted by molar-refractivity contribution is 5.80. The molecule has 2 aliphatic rings. The van der Waals surface area contributed by atoms with Crippen LogP contribution in [0.15, 0.2) is 18.3 Å². The largest absolute Gasteiger partial charge is 0.389 e. The van der Waals surface area contributed by atoms with Crippen LogP contribution < -0.4 is 4.90 Å². The lowest BCUT2D eigenvalue weighted by Crippen LogP contribution is -2.51. The fourth-order valence-corrected chi connectivity index (χ4v) is 3.41. The summed E-state index contributed by atoms with van der Waals surface area (Å²) in [5.74, 6) is 0.913. The molecule has 1 N–H and O–H groups in total. The molecule has 0 bridgehead atoms. The van der Waals surface area contributed by atoms with Crippen LogP contribution in [0.25, 0.3) is 0 Å². The summed E-state index contributed by atoms with van der Waals surface area (Å²) in [4.78, 5) is 16.6. The van der Waals surface area contributed by atoms with E-state index in [1.165, 1.54) is 0 Å². The van der Waals surface area contributed by atoms with E-state index >= 15 is 0 Å². The molecular formula is C16H24N4O3. The number of aliphatic hydroxyl groups is 1. The summed E-state index contributed by atoms with van der Waals surface area (Å²) in [6.45, 7) is 5.01. The van der Waals surface area contributed by atoms with Crippen molar-refractivity contribution in [1.29, 1.82) is 0 Å². The first-order chi connectivity index (χ1) is 11.2. The van der Waals surface area contributed by atoms with E-state index in [-0.39, 0.29) is 17.9 Å². The standard InChI is InChI=1S/C16H24N4O3/c1-2-23-14-6-9-20(11-13(14)21)16(22)12-5-8-19(10-12)15-4-3-7-17-18-15/h3-4,7,12-14,21H,2,5-6,8-11H2,1H3. The summed E-state index contributed by atoms with van der Waals surface area (Å²) < 4.78 is 5.51. The summed E-state index contributed by atoms with van der Waals surface area (Å²) in [6, 6.07) is 3.77. The fraction of sp³-hybridized carbons (Fsp3) is 0.688. The molecule has 2 saturated heterocycles. The summed E-state index contributed by atoms with van der Waals surface area (Å²) >= 11 is 0.